The number of aryl methyl sites for hydroxylation is 1. The van der Waals surface area contributed by atoms with E-state index in [4.69, 9.17) is 4.74 Å². The van der Waals surface area contributed by atoms with Crippen LogP contribution in [0, 0.1) is 29.6 Å². The lowest BCUT2D eigenvalue weighted by Gasteiger charge is -2.37. The zero-order valence-corrected chi connectivity index (χ0v) is 65.4. The number of amides is 12. The van der Waals surface area contributed by atoms with Gasteiger partial charge in [0.25, 0.3) is 0 Å². The van der Waals surface area contributed by atoms with Gasteiger partial charge in [0, 0.05) is 68.4 Å². The number of nitrogens with zero attached hydrogens (tertiary/aromatic N) is 7. The molecule has 2 fully saturated rings. The maximum atomic E-state index is 15.6. The first-order chi connectivity index (χ1) is 48.6. The Morgan fingerprint density at radius 3 is 1.47 bits per heavy atom. The minimum atomic E-state index is -1.68. The Morgan fingerprint density at radius 1 is 0.510 bits per heavy atom. The van der Waals surface area contributed by atoms with Gasteiger partial charge in [-0.25, -0.2) is 0 Å². The Bertz CT molecular complexity index is 3170. The van der Waals surface area contributed by atoms with Crippen molar-refractivity contribution in [3.63, 3.8) is 0 Å². The van der Waals surface area contributed by atoms with Crippen LogP contribution in [0.25, 0.3) is 0 Å². The molecular formula is C77H124N12O15. The Kier molecular flexibility index (Phi) is 35.3. The van der Waals surface area contributed by atoms with Gasteiger partial charge in [-0.1, -0.05) is 130 Å². The molecule has 2 aromatic carbocycles. The van der Waals surface area contributed by atoms with Crippen LogP contribution in [-0.4, -0.2) is 263 Å². The van der Waals surface area contributed by atoms with Crippen molar-refractivity contribution in [3.8, 4) is 0 Å². The number of hydrogen-bond donors (Lipinski definition) is 7. The summed E-state index contributed by atoms with van der Waals surface area (Å²) in [6.07, 6.45) is 0.498. The number of piperidine rings is 1. The molecule has 0 radical (unpaired) electrons. The molecule has 582 valence electrons. The third kappa shape index (κ3) is 27.1. The van der Waals surface area contributed by atoms with Crippen LogP contribution in [0.5, 0.6) is 0 Å². The second kappa shape index (κ2) is 41.6. The predicted octanol–water partition coefficient (Wildman–Crippen LogP) is 3.69. The molecule has 0 aromatic heterocycles. The van der Waals surface area contributed by atoms with Gasteiger partial charge in [0.1, 0.15) is 60.4 Å². The van der Waals surface area contributed by atoms with E-state index in [0.29, 0.717) is 31.5 Å². The fraction of sp³-hybridized carbons (Fsp3) is 0.688. The smallest absolute Gasteiger partial charge is 0.248 e. The largest absolute Gasteiger partial charge is 0.391 e. The molecule has 104 heavy (non-hydrogen) atoms. The lowest BCUT2D eigenvalue weighted by molar-refractivity contribution is -0.151. The summed E-state index contributed by atoms with van der Waals surface area (Å²) in [6.45, 7) is 21.9. The van der Waals surface area contributed by atoms with Gasteiger partial charge in [0.2, 0.25) is 70.9 Å². The molecule has 2 aliphatic rings. The highest BCUT2D eigenvalue weighted by Crippen LogP contribution is 2.24. The van der Waals surface area contributed by atoms with Gasteiger partial charge in [-0.05, 0) is 126 Å². The van der Waals surface area contributed by atoms with Crippen LogP contribution in [0.1, 0.15) is 165 Å². The van der Waals surface area contributed by atoms with E-state index >= 15 is 33.6 Å². The lowest BCUT2D eigenvalue weighted by atomic mass is 9.96. The molecule has 0 bridgehead atoms. The van der Waals surface area contributed by atoms with Crippen molar-refractivity contribution in [1.82, 2.24) is 60.9 Å². The van der Waals surface area contributed by atoms with E-state index in [1.165, 1.54) is 63.9 Å². The van der Waals surface area contributed by atoms with E-state index in [1.54, 1.807) is 62.9 Å². The molecule has 2 heterocycles. The van der Waals surface area contributed by atoms with E-state index in [9.17, 15) is 34.2 Å². The van der Waals surface area contributed by atoms with Crippen LogP contribution in [0.4, 0.5) is 0 Å². The van der Waals surface area contributed by atoms with Gasteiger partial charge in [0.05, 0.1) is 31.3 Å². The number of carbonyl (C=O) groups is 12. The first-order valence-corrected chi connectivity index (χ1v) is 37.1. The summed E-state index contributed by atoms with van der Waals surface area (Å²) in [6, 6.07) is 4.15. The van der Waals surface area contributed by atoms with E-state index in [1.807, 2.05) is 85.7 Å². The van der Waals surface area contributed by atoms with Crippen molar-refractivity contribution >= 4 is 70.9 Å². The van der Waals surface area contributed by atoms with Crippen LogP contribution < -0.4 is 26.6 Å². The number of rotatable bonds is 21. The molecule has 2 aromatic rings. The zero-order valence-electron chi connectivity index (χ0n) is 65.4. The standard InChI is InChI=1S/C77H124N12O15/c1-47(2)39-55-71(97)86(17)61(42-50(7)8)70(96)82-66(52(11)90)75(101)83(14)45-64(92)84(15)59(40-48(3)4)68(94)80-57(46-104-38-35-77(12,13)103)72(98)88(19)62(43-54-31-25-21-26-32-54)74(100)87(18)60(41-49(5)6)69(95)79-56(73(99)89-36-27-22-28-37-89)44-63(91)81-65(51(9)10)76(102)85(16)58(67(93)78-55)34-33-53-29-23-20-24-30-53/h20-21,23-26,29-32,47-52,55-62,65-66,90,103H,22,27-28,33-46H2,1-19H3,(H,78,93)(H,79,95)(H,80,94)(H,81,91)(H,82,96)/t52-,55+,56+,57+,58+,59+,60?,61+,62+,65-,66+/m1/s1. The second-order valence-corrected chi connectivity index (χ2v) is 31.2. The van der Waals surface area contributed by atoms with Crippen LogP contribution >= 0.6 is 0 Å². The van der Waals surface area contributed by atoms with Crippen molar-refractivity contribution in [3.05, 3.63) is 71.8 Å². The average Bonchev–Trinajstić information content (AvgIpc) is 0.827. The third-order valence-electron chi connectivity index (χ3n) is 19.3. The normalized spacial score (nSPS) is 24.7. The molecule has 7 N–H and O–H groups in total. The molecule has 2 saturated heterocycles. The predicted molar refractivity (Wildman–Crippen MR) is 396 cm³/mol. The van der Waals surface area contributed by atoms with Crippen LogP contribution in [0.3, 0.4) is 0 Å². The minimum absolute atomic E-state index is 0.0382. The molecule has 27 nitrogen and oxygen atoms in total. The van der Waals surface area contributed by atoms with Gasteiger partial charge < -0.3 is 75.8 Å². The quantitative estimate of drug-likeness (QED) is 0.0877. The Balaban J connectivity index is 2.00. The van der Waals surface area contributed by atoms with E-state index in [-0.39, 0.29) is 81.6 Å². The topological polar surface area (TPSA) is 337 Å². The highest BCUT2D eigenvalue weighted by molar-refractivity contribution is 6.00. The van der Waals surface area contributed by atoms with Crippen molar-refractivity contribution < 1.29 is 72.5 Å². The summed E-state index contributed by atoms with van der Waals surface area (Å²) in [5.74, 6) is -10.6. The summed E-state index contributed by atoms with van der Waals surface area (Å²) in [7, 11) is 8.26. The number of aliphatic hydroxyl groups excluding tert-OH is 1. The molecule has 2 aliphatic heterocycles. The maximum absolute atomic E-state index is 15.6. The van der Waals surface area contributed by atoms with E-state index < -0.39 is 168 Å². The number of benzene rings is 2. The number of aliphatic hydroxyl groups is 2. The van der Waals surface area contributed by atoms with Crippen molar-refractivity contribution in [2.75, 3.05) is 75.1 Å². The summed E-state index contributed by atoms with van der Waals surface area (Å²) >= 11 is 0. The monoisotopic (exact) mass is 1460 g/mol. The number of likely N-dealkylation sites (tertiary alicyclic amines) is 1. The van der Waals surface area contributed by atoms with E-state index in [2.05, 4.69) is 26.6 Å². The average molecular weight is 1460 g/mol. The molecule has 0 aliphatic carbocycles. The number of hydrogen-bond acceptors (Lipinski definition) is 15. The molecular weight excluding hydrogens is 1330 g/mol. The van der Waals surface area contributed by atoms with Gasteiger partial charge in [-0.3, -0.25) is 57.5 Å². The summed E-state index contributed by atoms with van der Waals surface area (Å²) in [5.41, 5.74) is 0.261. The first kappa shape index (κ1) is 88.4. The third-order valence-corrected chi connectivity index (χ3v) is 19.3. The van der Waals surface area contributed by atoms with Crippen molar-refractivity contribution in [1.29, 1.82) is 0 Å². The number of carbonyl (C=O) groups excluding carboxylic acids is 12. The maximum Gasteiger partial charge on any atom is 0.248 e. The number of ether oxygens (including phenoxy) is 1. The summed E-state index contributed by atoms with van der Waals surface area (Å²) in [5, 5.41) is 36.0. The molecule has 0 spiro atoms. The Morgan fingerprint density at radius 2 is 0.962 bits per heavy atom. The van der Waals surface area contributed by atoms with Gasteiger partial charge in [-0.15, -0.1) is 0 Å². The van der Waals surface area contributed by atoms with Crippen LogP contribution in [0.15, 0.2) is 60.7 Å². The van der Waals surface area contributed by atoms with Crippen LogP contribution in [-0.2, 0) is 75.1 Å². The summed E-state index contributed by atoms with van der Waals surface area (Å²) < 4.78 is 6.03. The molecule has 12 amide bonds. The van der Waals surface area contributed by atoms with Gasteiger partial charge in [-0.2, -0.15) is 0 Å². The first-order valence-electron chi connectivity index (χ1n) is 37.1. The molecule has 11 atom stereocenters. The lowest BCUT2D eigenvalue weighted by Crippen LogP contribution is -2.62. The van der Waals surface area contributed by atoms with E-state index in [0.717, 1.165) is 26.7 Å². The molecule has 1 unspecified atom stereocenters. The molecule has 0 saturated carbocycles. The summed E-state index contributed by atoms with van der Waals surface area (Å²) in [4.78, 5) is 189. The van der Waals surface area contributed by atoms with Crippen molar-refractivity contribution in [2.45, 2.75) is 239 Å². The highest BCUT2D eigenvalue weighted by Gasteiger charge is 2.44. The highest BCUT2D eigenvalue weighted by atomic mass is 16.5. The number of likely N-dealkylation sites (N-methyl/N-ethyl adjacent to an activating group) is 6. The van der Waals surface area contributed by atoms with Crippen molar-refractivity contribution in [2.24, 2.45) is 29.6 Å². The molecule has 27 heteroatoms. The fourth-order valence-corrected chi connectivity index (χ4v) is 13.0. The number of nitrogens with one attached hydrogen (secondary N) is 5. The zero-order chi connectivity index (χ0) is 78.2. The van der Waals surface area contributed by atoms with Gasteiger partial charge in [0.15, 0.2) is 0 Å². The second-order valence-electron chi connectivity index (χ2n) is 31.2. The fourth-order valence-electron chi connectivity index (χ4n) is 13.0. The minimum Gasteiger partial charge on any atom is -0.391 e. The Labute approximate surface area is 617 Å². The SMILES string of the molecule is CC(C)CC1C(=O)N[C@H](C(=O)N2CCCCC2)CC(=O)N[C@H](C(C)C)C(=O)N(C)[C@@H](CCc2ccccc2)C(=O)N[C@@H](CC(C)C)C(=O)N(C)[C@@H](CC(C)C)C(=O)N[C@@H]([C@@H](C)O)C(=O)N(C)CC(=O)N(C)[C@@H](CC(C)C)C(=O)N[C@@H](COCCC(C)(C)O)C(=O)N(C)[C@@H](Cc2ccccc2)C(=O)N1C. The Hall–Kier alpha value is -8.04. The van der Waals surface area contributed by atoms with Gasteiger partial charge >= 0.3 is 0 Å². The van der Waals surface area contributed by atoms with Crippen LogP contribution in [0.2, 0.25) is 0 Å². The molecule has 4 rings (SSSR count).